The van der Waals surface area contributed by atoms with Gasteiger partial charge in [-0.15, -0.1) is 0 Å². The Bertz CT molecular complexity index is 451. The Balaban J connectivity index is 1.77. The maximum Gasteiger partial charge on any atom is 0.0585 e. The lowest BCUT2D eigenvalue weighted by atomic mass is 9.50. The van der Waals surface area contributed by atoms with Crippen molar-refractivity contribution in [2.24, 2.45) is 22.7 Å². The van der Waals surface area contributed by atoms with Crippen molar-refractivity contribution >= 4 is 0 Å². The van der Waals surface area contributed by atoms with E-state index in [9.17, 15) is 5.11 Å². The summed E-state index contributed by atoms with van der Waals surface area (Å²) in [6.07, 6.45) is 13.3. The molecule has 0 aromatic rings. The van der Waals surface area contributed by atoms with E-state index < -0.39 is 0 Å². The topological polar surface area (TPSA) is 20.2 Å². The summed E-state index contributed by atoms with van der Waals surface area (Å²) < 4.78 is 0. The van der Waals surface area contributed by atoms with Crippen LogP contribution < -0.4 is 0 Å². The zero-order valence-electron chi connectivity index (χ0n) is 13.3. The molecule has 0 radical (unpaired) electrons. The molecule has 5 atom stereocenters. The molecular formula is C19H30O. The fraction of sp³-hybridized carbons (Fsp3) is 0.895. The fourth-order valence-corrected chi connectivity index (χ4v) is 6.54. The highest BCUT2D eigenvalue weighted by Gasteiger charge is 2.53. The van der Waals surface area contributed by atoms with Crippen molar-refractivity contribution in [1.82, 2.24) is 0 Å². The lowest BCUT2D eigenvalue weighted by Gasteiger charge is -2.55. The van der Waals surface area contributed by atoms with Crippen LogP contribution in [0.2, 0.25) is 0 Å². The zero-order valence-corrected chi connectivity index (χ0v) is 13.3. The number of hydrogen-bond donors (Lipinski definition) is 1. The van der Waals surface area contributed by atoms with Crippen molar-refractivity contribution < 1.29 is 5.11 Å². The Labute approximate surface area is 123 Å². The molecule has 0 aliphatic heterocycles. The van der Waals surface area contributed by atoms with Crippen LogP contribution in [-0.2, 0) is 0 Å². The van der Waals surface area contributed by atoms with Crippen molar-refractivity contribution in [3.63, 3.8) is 0 Å². The molecular weight excluding hydrogens is 244 g/mol. The van der Waals surface area contributed by atoms with Crippen molar-refractivity contribution in [1.29, 1.82) is 0 Å². The molecule has 3 saturated carbocycles. The second-order valence-electron chi connectivity index (χ2n) is 8.69. The summed E-state index contributed by atoms with van der Waals surface area (Å²) in [5, 5.41) is 10.2. The van der Waals surface area contributed by atoms with Crippen LogP contribution in [0.25, 0.3) is 0 Å². The van der Waals surface area contributed by atoms with Gasteiger partial charge in [0.15, 0.2) is 0 Å². The lowest BCUT2D eigenvalue weighted by Crippen LogP contribution is -2.44. The highest BCUT2D eigenvalue weighted by atomic mass is 16.3. The quantitative estimate of drug-likeness (QED) is 0.626. The molecule has 1 N–H and O–H groups in total. The van der Waals surface area contributed by atoms with E-state index in [1.54, 1.807) is 5.57 Å². The third-order valence-corrected chi connectivity index (χ3v) is 7.60. The van der Waals surface area contributed by atoms with E-state index in [0.29, 0.717) is 10.8 Å². The number of hydrogen-bond acceptors (Lipinski definition) is 1. The van der Waals surface area contributed by atoms with Gasteiger partial charge >= 0.3 is 0 Å². The second-order valence-corrected chi connectivity index (χ2v) is 8.69. The summed E-state index contributed by atoms with van der Waals surface area (Å²) in [7, 11) is 0. The molecule has 0 saturated heterocycles. The van der Waals surface area contributed by atoms with Gasteiger partial charge in [-0.3, -0.25) is 0 Å². The molecule has 1 heteroatoms. The number of fused-ring (bicyclic) bond motifs is 4. The van der Waals surface area contributed by atoms with E-state index in [-0.39, 0.29) is 6.10 Å². The molecule has 0 bridgehead atoms. The van der Waals surface area contributed by atoms with Crippen LogP contribution in [0.5, 0.6) is 0 Å². The lowest BCUT2D eigenvalue weighted by molar-refractivity contribution is 0.0406. The number of rotatable bonds is 0. The van der Waals surface area contributed by atoms with Crippen molar-refractivity contribution in [3.05, 3.63) is 11.1 Å². The molecule has 1 nitrogen and oxygen atoms in total. The van der Waals surface area contributed by atoms with Gasteiger partial charge in [-0.2, -0.15) is 0 Å². The van der Waals surface area contributed by atoms with E-state index in [1.807, 2.05) is 5.57 Å². The van der Waals surface area contributed by atoms with Gasteiger partial charge < -0.3 is 5.11 Å². The average molecular weight is 274 g/mol. The van der Waals surface area contributed by atoms with Gasteiger partial charge in [-0.25, -0.2) is 0 Å². The molecule has 112 valence electrons. The molecule has 0 unspecified atom stereocenters. The smallest absolute Gasteiger partial charge is 0.0585 e. The first-order valence-corrected chi connectivity index (χ1v) is 8.94. The van der Waals surface area contributed by atoms with Gasteiger partial charge in [0.1, 0.15) is 0 Å². The van der Waals surface area contributed by atoms with Gasteiger partial charge in [0.25, 0.3) is 0 Å². The Morgan fingerprint density at radius 1 is 1.00 bits per heavy atom. The summed E-state index contributed by atoms with van der Waals surface area (Å²) in [4.78, 5) is 0. The largest absolute Gasteiger partial charge is 0.393 e. The minimum atomic E-state index is -0.0612. The second kappa shape index (κ2) is 4.35. The van der Waals surface area contributed by atoms with Crippen LogP contribution in [0.15, 0.2) is 11.1 Å². The maximum atomic E-state index is 10.2. The predicted octanol–water partition coefficient (Wildman–Crippen LogP) is 4.84. The van der Waals surface area contributed by atoms with Gasteiger partial charge in [0.2, 0.25) is 0 Å². The molecule has 0 aromatic heterocycles. The molecule has 20 heavy (non-hydrogen) atoms. The van der Waals surface area contributed by atoms with Gasteiger partial charge in [-0.05, 0) is 67.6 Å². The standard InChI is InChI=1S/C19H30O/c1-18-9-10-19(2)15-6-4-3-5-13(15)7-8-16(19)17(18)11-14(20)12-18/h13-15,20H,3-12H2,1-2H3/t13-,14-,15+,18-,19-/m1/s1. The Morgan fingerprint density at radius 2 is 1.80 bits per heavy atom. The summed E-state index contributed by atoms with van der Waals surface area (Å²) >= 11 is 0. The fourth-order valence-electron chi connectivity index (χ4n) is 6.54. The number of aliphatic hydroxyl groups is 1. The van der Waals surface area contributed by atoms with E-state index in [1.165, 1.54) is 51.4 Å². The molecule has 4 rings (SSSR count). The predicted molar refractivity (Wildman–Crippen MR) is 82.4 cm³/mol. The molecule has 0 spiro atoms. The minimum absolute atomic E-state index is 0.0612. The first-order valence-electron chi connectivity index (χ1n) is 8.94. The van der Waals surface area contributed by atoms with Gasteiger partial charge in [0.05, 0.1) is 6.10 Å². The summed E-state index contributed by atoms with van der Waals surface area (Å²) in [6, 6.07) is 0. The summed E-state index contributed by atoms with van der Waals surface area (Å²) in [6.45, 7) is 5.01. The molecule has 0 aromatic carbocycles. The highest BCUT2D eigenvalue weighted by molar-refractivity contribution is 5.36. The van der Waals surface area contributed by atoms with Crippen LogP contribution >= 0.6 is 0 Å². The van der Waals surface area contributed by atoms with Crippen LogP contribution in [0, 0.1) is 22.7 Å². The first-order chi connectivity index (χ1) is 9.53. The summed E-state index contributed by atoms with van der Waals surface area (Å²) in [5.74, 6) is 1.96. The van der Waals surface area contributed by atoms with Crippen LogP contribution in [0.1, 0.15) is 78.1 Å². The van der Waals surface area contributed by atoms with E-state index in [2.05, 4.69) is 13.8 Å². The van der Waals surface area contributed by atoms with Crippen molar-refractivity contribution in [2.75, 3.05) is 0 Å². The summed E-state index contributed by atoms with van der Waals surface area (Å²) in [5.41, 5.74) is 4.34. The van der Waals surface area contributed by atoms with E-state index in [4.69, 9.17) is 0 Å². The van der Waals surface area contributed by atoms with Crippen molar-refractivity contribution in [2.45, 2.75) is 84.2 Å². The third kappa shape index (κ3) is 1.71. The number of aliphatic hydroxyl groups excluding tert-OH is 1. The van der Waals surface area contributed by atoms with E-state index >= 15 is 0 Å². The number of allylic oxidation sites excluding steroid dienone is 1. The van der Waals surface area contributed by atoms with Crippen LogP contribution in [0.3, 0.4) is 0 Å². The molecule has 4 aliphatic carbocycles. The van der Waals surface area contributed by atoms with Crippen LogP contribution in [0.4, 0.5) is 0 Å². The average Bonchev–Trinajstić information content (AvgIpc) is 2.74. The first kappa shape index (κ1) is 13.4. The van der Waals surface area contributed by atoms with Gasteiger partial charge in [-0.1, -0.05) is 44.3 Å². The maximum absolute atomic E-state index is 10.2. The third-order valence-electron chi connectivity index (χ3n) is 7.60. The Kier molecular flexibility index (Phi) is 2.91. The SMILES string of the molecule is C[C@]12CC[C@@]3(C)C(=C1C[C@@H](O)C2)CC[C@H]1CCCC[C@@H]13. The van der Waals surface area contributed by atoms with Crippen molar-refractivity contribution in [3.8, 4) is 0 Å². The Hall–Kier alpha value is -0.300. The molecule has 0 heterocycles. The van der Waals surface area contributed by atoms with E-state index in [0.717, 1.165) is 24.7 Å². The minimum Gasteiger partial charge on any atom is -0.393 e. The van der Waals surface area contributed by atoms with Gasteiger partial charge in [0, 0.05) is 0 Å². The Morgan fingerprint density at radius 3 is 2.65 bits per heavy atom. The zero-order chi connectivity index (χ0) is 14.0. The molecule has 3 fully saturated rings. The highest BCUT2D eigenvalue weighted by Crippen LogP contribution is 2.64. The molecule has 4 aliphatic rings. The normalized spacial score (nSPS) is 51.5. The molecule has 0 amide bonds. The monoisotopic (exact) mass is 274 g/mol. The van der Waals surface area contributed by atoms with Crippen LogP contribution in [-0.4, -0.2) is 11.2 Å².